The highest BCUT2D eigenvalue weighted by molar-refractivity contribution is 7.98. The molecule has 0 atom stereocenters. The second-order valence-corrected chi connectivity index (χ2v) is 6.01. The molecule has 2 rings (SSSR count). The van der Waals surface area contributed by atoms with Crippen LogP contribution in [0.3, 0.4) is 0 Å². The van der Waals surface area contributed by atoms with Gasteiger partial charge in [-0.2, -0.15) is 11.8 Å². The Kier molecular flexibility index (Phi) is 7.13. The Morgan fingerprint density at radius 2 is 1.55 bits per heavy atom. The minimum atomic E-state index is 0.107. The lowest BCUT2D eigenvalue weighted by Gasteiger charge is -2.07. The lowest BCUT2D eigenvalue weighted by Crippen LogP contribution is -1.99. The van der Waals surface area contributed by atoms with E-state index in [0.717, 1.165) is 41.6 Å². The minimum absolute atomic E-state index is 0.107. The van der Waals surface area contributed by atoms with Gasteiger partial charge in [-0.05, 0) is 47.6 Å². The summed E-state index contributed by atoms with van der Waals surface area (Å²) in [7, 11) is 1.66. The molecular weight excluding hydrogens is 296 g/mol. The van der Waals surface area contributed by atoms with Crippen LogP contribution in [0.15, 0.2) is 48.5 Å². The van der Waals surface area contributed by atoms with Crippen molar-refractivity contribution in [2.75, 3.05) is 19.5 Å². The Labute approximate surface area is 136 Å². The third-order valence-electron chi connectivity index (χ3n) is 3.24. The van der Waals surface area contributed by atoms with E-state index >= 15 is 0 Å². The van der Waals surface area contributed by atoms with E-state index in [0.29, 0.717) is 0 Å². The summed E-state index contributed by atoms with van der Waals surface area (Å²) in [4.78, 5) is 0. The van der Waals surface area contributed by atoms with Crippen molar-refractivity contribution in [2.45, 2.75) is 18.8 Å². The predicted molar refractivity (Wildman–Crippen MR) is 91.6 cm³/mol. The van der Waals surface area contributed by atoms with Crippen molar-refractivity contribution < 1.29 is 14.6 Å². The zero-order chi connectivity index (χ0) is 15.6. The number of hydrogen-bond acceptors (Lipinski definition) is 4. The van der Waals surface area contributed by atoms with Crippen molar-refractivity contribution in [3.8, 4) is 11.5 Å². The average molecular weight is 318 g/mol. The van der Waals surface area contributed by atoms with Gasteiger partial charge in [-0.1, -0.05) is 24.3 Å². The van der Waals surface area contributed by atoms with Gasteiger partial charge in [0.2, 0.25) is 0 Å². The second-order valence-electron chi connectivity index (χ2n) is 4.90. The molecule has 0 unspecified atom stereocenters. The fraction of sp³-hybridized carbons (Fsp3) is 0.333. The Bertz CT molecular complexity index is 486. The Morgan fingerprint density at radius 3 is 2.18 bits per heavy atom. The zero-order valence-corrected chi connectivity index (χ0v) is 13.6. The third kappa shape index (κ3) is 5.62. The molecule has 118 valence electrons. The quantitative estimate of drug-likeness (QED) is 0.712. The fourth-order valence-electron chi connectivity index (χ4n) is 1.95. The summed E-state index contributed by atoms with van der Waals surface area (Å²) in [5.41, 5.74) is 2.25. The number of ether oxygens (including phenoxy) is 2. The minimum Gasteiger partial charge on any atom is -0.497 e. The number of aliphatic hydroxyl groups is 1. The molecule has 2 aromatic carbocycles. The summed E-state index contributed by atoms with van der Waals surface area (Å²) in [6.45, 7) is 0.832. The number of aliphatic hydroxyl groups excluding tert-OH is 1. The van der Waals surface area contributed by atoms with Crippen LogP contribution in [0.2, 0.25) is 0 Å². The molecule has 0 aliphatic carbocycles. The van der Waals surface area contributed by atoms with Gasteiger partial charge in [0.25, 0.3) is 0 Å². The van der Waals surface area contributed by atoms with E-state index in [1.165, 1.54) is 5.56 Å². The lowest BCUT2D eigenvalue weighted by molar-refractivity contribution is 0.282. The van der Waals surface area contributed by atoms with Gasteiger partial charge in [0, 0.05) is 5.75 Å². The first-order chi connectivity index (χ1) is 10.8. The van der Waals surface area contributed by atoms with Crippen LogP contribution in [0.25, 0.3) is 0 Å². The summed E-state index contributed by atoms with van der Waals surface area (Å²) in [5, 5.41) is 9.00. The topological polar surface area (TPSA) is 38.7 Å². The molecule has 0 bridgehead atoms. The van der Waals surface area contributed by atoms with Gasteiger partial charge in [-0.3, -0.25) is 0 Å². The van der Waals surface area contributed by atoms with Crippen molar-refractivity contribution in [3.05, 3.63) is 59.7 Å². The van der Waals surface area contributed by atoms with Gasteiger partial charge in [0.1, 0.15) is 11.5 Å². The first-order valence-electron chi connectivity index (χ1n) is 7.35. The van der Waals surface area contributed by atoms with Crippen LogP contribution >= 0.6 is 11.8 Å². The van der Waals surface area contributed by atoms with Gasteiger partial charge in [0.15, 0.2) is 0 Å². The maximum absolute atomic E-state index is 9.00. The normalized spacial score (nSPS) is 10.5. The molecule has 0 fully saturated rings. The van der Waals surface area contributed by atoms with Crippen molar-refractivity contribution in [3.63, 3.8) is 0 Å². The van der Waals surface area contributed by atoms with Crippen molar-refractivity contribution >= 4 is 11.8 Å². The monoisotopic (exact) mass is 318 g/mol. The molecule has 0 saturated heterocycles. The standard InChI is InChI=1S/C18H22O3S/c1-20-17-7-9-18(10-8-17)21-11-2-12-22-14-16-5-3-15(13-19)4-6-16/h3-10,19H,2,11-14H2,1H3. The van der Waals surface area contributed by atoms with Gasteiger partial charge in [0.05, 0.1) is 20.3 Å². The SMILES string of the molecule is COc1ccc(OCCCSCc2ccc(CO)cc2)cc1. The summed E-state index contributed by atoms with van der Waals surface area (Å²) in [5.74, 6) is 3.78. The van der Waals surface area contributed by atoms with Crippen molar-refractivity contribution in [1.29, 1.82) is 0 Å². The molecule has 4 heteroatoms. The highest BCUT2D eigenvalue weighted by Gasteiger charge is 1.97. The smallest absolute Gasteiger partial charge is 0.119 e. The summed E-state index contributed by atoms with van der Waals surface area (Å²) >= 11 is 1.90. The number of hydrogen-bond donors (Lipinski definition) is 1. The zero-order valence-electron chi connectivity index (χ0n) is 12.8. The summed E-state index contributed by atoms with van der Waals surface area (Å²) < 4.78 is 10.8. The number of benzene rings is 2. The van der Waals surface area contributed by atoms with Gasteiger partial charge < -0.3 is 14.6 Å². The lowest BCUT2D eigenvalue weighted by atomic mass is 10.2. The molecule has 0 amide bonds. The van der Waals surface area contributed by atoms with Crippen molar-refractivity contribution in [2.24, 2.45) is 0 Å². The van der Waals surface area contributed by atoms with Gasteiger partial charge in [-0.25, -0.2) is 0 Å². The third-order valence-corrected chi connectivity index (χ3v) is 4.35. The maximum atomic E-state index is 9.00. The molecule has 0 spiro atoms. The van der Waals surface area contributed by atoms with Crippen LogP contribution in [0.4, 0.5) is 0 Å². The Hall–Kier alpha value is -1.65. The first kappa shape index (κ1) is 16.7. The molecule has 0 radical (unpaired) electrons. The van der Waals surface area contributed by atoms with Crippen LogP contribution in [-0.2, 0) is 12.4 Å². The summed E-state index contributed by atoms with van der Waals surface area (Å²) in [6.07, 6.45) is 1.02. The van der Waals surface area contributed by atoms with Crippen molar-refractivity contribution in [1.82, 2.24) is 0 Å². The van der Waals surface area contributed by atoms with E-state index in [2.05, 4.69) is 12.1 Å². The predicted octanol–water partition coefficient (Wildman–Crippen LogP) is 3.89. The highest BCUT2D eigenvalue weighted by Crippen LogP contribution is 2.18. The largest absolute Gasteiger partial charge is 0.497 e. The van der Waals surface area contributed by atoms with E-state index in [1.807, 2.05) is 48.2 Å². The Balaban J connectivity index is 1.58. The summed E-state index contributed by atoms with van der Waals surface area (Å²) in [6, 6.07) is 15.8. The van der Waals surface area contributed by atoms with Crippen LogP contribution in [0, 0.1) is 0 Å². The molecule has 0 heterocycles. The number of thioether (sulfide) groups is 1. The van der Waals surface area contributed by atoms with Crippen LogP contribution in [0.5, 0.6) is 11.5 Å². The molecule has 1 N–H and O–H groups in total. The maximum Gasteiger partial charge on any atom is 0.119 e. The molecule has 0 aromatic heterocycles. The first-order valence-corrected chi connectivity index (χ1v) is 8.50. The van der Waals surface area contributed by atoms with Crippen LogP contribution in [-0.4, -0.2) is 24.6 Å². The van der Waals surface area contributed by atoms with E-state index in [4.69, 9.17) is 14.6 Å². The fourth-order valence-corrected chi connectivity index (χ4v) is 2.85. The van der Waals surface area contributed by atoms with Gasteiger partial charge >= 0.3 is 0 Å². The highest BCUT2D eigenvalue weighted by atomic mass is 32.2. The van der Waals surface area contributed by atoms with Gasteiger partial charge in [-0.15, -0.1) is 0 Å². The van der Waals surface area contributed by atoms with Crippen LogP contribution in [0.1, 0.15) is 17.5 Å². The van der Waals surface area contributed by atoms with E-state index < -0.39 is 0 Å². The second kappa shape index (κ2) is 9.38. The number of methoxy groups -OCH3 is 1. The average Bonchev–Trinajstić information content (AvgIpc) is 2.59. The van der Waals surface area contributed by atoms with Crippen LogP contribution < -0.4 is 9.47 Å². The van der Waals surface area contributed by atoms with E-state index in [9.17, 15) is 0 Å². The number of rotatable bonds is 9. The van der Waals surface area contributed by atoms with E-state index in [-0.39, 0.29) is 6.61 Å². The molecule has 3 nitrogen and oxygen atoms in total. The Morgan fingerprint density at radius 1 is 0.909 bits per heavy atom. The molecule has 2 aromatic rings. The molecular formula is C18H22O3S. The molecule has 0 aliphatic heterocycles. The van der Waals surface area contributed by atoms with E-state index in [1.54, 1.807) is 7.11 Å². The molecule has 22 heavy (non-hydrogen) atoms. The molecule has 0 saturated carbocycles. The molecule has 0 aliphatic rings.